The second-order valence-corrected chi connectivity index (χ2v) is 5.16. The van der Waals surface area contributed by atoms with Gasteiger partial charge in [0.25, 0.3) is 0 Å². The first-order chi connectivity index (χ1) is 7.91. The maximum atomic E-state index is 13.7. The second-order valence-electron chi connectivity index (χ2n) is 4.72. The van der Waals surface area contributed by atoms with E-state index in [0.717, 1.165) is 31.4 Å². The Morgan fingerprint density at radius 2 is 1.88 bits per heavy atom. The summed E-state index contributed by atoms with van der Waals surface area (Å²) < 4.78 is 27.5. The number of benzene rings is 1. The van der Waals surface area contributed by atoms with Gasteiger partial charge in [-0.05, 0) is 38.3 Å². The molecule has 1 fully saturated rings. The molecule has 0 bridgehead atoms. The average molecular weight is 256 g/mol. The molecule has 1 aromatic carbocycles. The van der Waals surface area contributed by atoms with Crippen molar-refractivity contribution in [2.45, 2.75) is 31.7 Å². The van der Waals surface area contributed by atoms with Gasteiger partial charge in [0.1, 0.15) is 22.3 Å². The van der Waals surface area contributed by atoms with Gasteiger partial charge in [-0.3, -0.25) is 0 Å². The van der Waals surface area contributed by atoms with Gasteiger partial charge in [0.05, 0.1) is 0 Å². The molecule has 0 aromatic heterocycles. The molecule has 2 nitrogen and oxygen atoms in total. The molecule has 0 unspecified atom stereocenters. The first-order valence-electron chi connectivity index (χ1n) is 5.48. The normalized spacial score (nSPS) is 17.4. The minimum Gasteiger partial charge on any atom is -0.389 e. The lowest BCUT2D eigenvalue weighted by Gasteiger charge is -2.40. The molecule has 3 N–H and O–H groups in total. The van der Waals surface area contributed by atoms with Crippen LogP contribution in [0.25, 0.3) is 0 Å². The summed E-state index contributed by atoms with van der Waals surface area (Å²) in [5.74, 6) is -1.30. The first-order valence-corrected chi connectivity index (χ1v) is 5.89. The van der Waals surface area contributed by atoms with E-state index in [2.05, 4.69) is 5.32 Å². The molecular weight excluding hydrogens is 242 g/mol. The van der Waals surface area contributed by atoms with Crippen LogP contribution < -0.4 is 11.1 Å². The highest BCUT2D eigenvalue weighted by atomic mass is 32.1. The molecule has 1 aliphatic carbocycles. The van der Waals surface area contributed by atoms with Crippen LogP contribution in [0.15, 0.2) is 12.1 Å². The van der Waals surface area contributed by atoms with Crippen molar-refractivity contribution < 1.29 is 8.78 Å². The molecule has 0 heterocycles. The lowest BCUT2D eigenvalue weighted by atomic mass is 9.78. The van der Waals surface area contributed by atoms with E-state index >= 15 is 0 Å². The van der Waals surface area contributed by atoms with Crippen LogP contribution in [0.1, 0.15) is 31.7 Å². The van der Waals surface area contributed by atoms with E-state index in [0.29, 0.717) is 0 Å². The third kappa shape index (κ3) is 2.39. The topological polar surface area (TPSA) is 38.0 Å². The van der Waals surface area contributed by atoms with Gasteiger partial charge in [-0.2, -0.15) is 0 Å². The Balaban J connectivity index is 2.31. The average Bonchev–Trinajstić information content (AvgIpc) is 2.20. The van der Waals surface area contributed by atoms with E-state index in [1.165, 1.54) is 0 Å². The Morgan fingerprint density at radius 1 is 1.35 bits per heavy atom. The fourth-order valence-electron chi connectivity index (χ4n) is 1.97. The van der Waals surface area contributed by atoms with Gasteiger partial charge in [0, 0.05) is 11.1 Å². The molecule has 5 heteroatoms. The highest BCUT2D eigenvalue weighted by Gasteiger charge is 2.33. The highest BCUT2D eigenvalue weighted by molar-refractivity contribution is 7.80. The summed E-state index contributed by atoms with van der Waals surface area (Å²) in [6.45, 7) is 1.96. The van der Waals surface area contributed by atoms with Crippen LogP contribution in [0.2, 0.25) is 0 Å². The number of rotatable bonds is 3. The molecular formula is C12H14F2N2S. The van der Waals surface area contributed by atoms with Gasteiger partial charge < -0.3 is 11.1 Å². The van der Waals surface area contributed by atoms with E-state index in [4.69, 9.17) is 18.0 Å². The molecule has 1 aliphatic rings. The number of hydrogen-bond acceptors (Lipinski definition) is 2. The summed E-state index contributed by atoms with van der Waals surface area (Å²) in [5, 5.41) is 2.92. The van der Waals surface area contributed by atoms with Crippen molar-refractivity contribution in [3.8, 4) is 0 Å². The summed E-state index contributed by atoms with van der Waals surface area (Å²) in [7, 11) is 0. The number of halogens is 2. The van der Waals surface area contributed by atoms with Crippen molar-refractivity contribution in [1.82, 2.24) is 0 Å². The zero-order valence-corrected chi connectivity index (χ0v) is 10.3. The predicted molar refractivity (Wildman–Crippen MR) is 68.1 cm³/mol. The maximum absolute atomic E-state index is 13.7. The summed E-state index contributed by atoms with van der Waals surface area (Å²) >= 11 is 4.69. The largest absolute Gasteiger partial charge is 0.389 e. The molecule has 2 rings (SSSR count). The third-order valence-electron chi connectivity index (χ3n) is 3.21. The number of anilines is 1. The lowest BCUT2D eigenvalue weighted by molar-refractivity contribution is 0.304. The first kappa shape index (κ1) is 12.2. The Labute approximate surface area is 104 Å². The zero-order chi connectivity index (χ0) is 12.6. The Morgan fingerprint density at radius 3 is 2.24 bits per heavy atom. The fraction of sp³-hybridized carbons (Fsp3) is 0.417. The highest BCUT2D eigenvalue weighted by Crippen LogP contribution is 2.36. The van der Waals surface area contributed by atoms with Gasteiger partial charge in [-0.15, -0.1) is 0 Å². The molecule has 0 amide bonds. The smallest absolute Gasteiger partial charge is 0.150 e. The van der Waals surface area contributed by atoms with Crippen LogP contribution in [-0.4, -0.2) is 10.5 Å². The van der Waals surface area contributed by atoms with E-state index < -0.39 is 11.6 Å². The van der Waals surface area contributed by atoms with Gasteiger partial charge in [-0.1, -0.05) is 12.2 Å². The van der Waals surface area contributed by atoms with Crippen molar-refractivity contribution in [3.63, 3.8) is 0 Å². The summed E-state index contributed by atoms with van der Waals surface area (Å²) in [5.41, 5.74) is 5.26. The summed E-state index contributed by atoms with van der Waals surface area (Å²) in [6.07, 6.45) is 2.92. The number of thiocarbonyl (C=S) groups is 1. The van der Waals surface area contributed by atoms with E-state index in [1.54, 1.807) is 0 Å². The quantitative estimate of drug-likeness (QED) is 0.817. The Bertz CT molecular complexity index is 447. The van der Waals surface area contributed by atoms with Gasteiger partial charge in [-0.25, -0.2) is 8.78 Å². The fourth-order valence-corrected chi connectivity index (χ4v) is 2.09. The van der Waals surface area contributed by atoms with Crippen LogP contribution in [0.3, 0.4) is 0 Å². The standard InChI is InChI=1S/C12H14F2N2S/c1-12(3-2-4-12)16-10-8(13)5-7(11(15)17)6-9(10)14/h5-6,16H,2-4H2,1H3,(H2,15,17). The van der Waals surface area contributed by atoms with Crippen LogP contribution in [-0.2, 0) is 0 Å². The number of nitrogens with two attached hydrogens (primary N) is 1. The van der Waals surface area contributed by atoms with Gasteiger partial charge in [0.15, 0.2) is 0 Å². The SMILES string of the molecule is CC1(Nc2c(F)cc(C(N)=S)cc2F)CCC1. The zero-order valence-electron chi connectivity index (χ0n) is 9.52. The molecule has 1 aromatic rings. The van der Waals surface area contributed by atoms with Crippen LogP contribution in [0, 0.1) is 11.6 Å². The van der Waals surface area contributed by atoms with Crippen LogP contribution in [0.4, 0.5) is 14.5 Å². The third-order valence-corrected chi connectivity index (χ3v) is 3.45. The predicted octanol–water partition coefficient (Wildman–Crippen LogP) is 2.95. The summed E-state index contributed by atoms with van der Waals surface area (Å²) in [4.78, 5) is -0.00999. The molecule has 0 atom stereocenters. The monoisotopic (exact) mass is 256 g/mol. The molecule has 0 radical (unpaired) electrons. The molecule has 17 heavy (non-hydrogen) atoms. The lowest BCUT2D eigenvalue weighted by Crippen LogP contribution is -2.42. The van der Waals surface area contributed by atoms with E-state index in [9.17, 15) is 8.78 Å². The summed E-state index contributed by atoms with van der Waals surface area (Å²) in [6, 6.07) is 2.32. The van der Waals surface area contributed by atoms with Crippen LogP contribution in [0.5, 0.6) is 0 Å². The second kappa shape index (κ2) is 4.22. The van der Waals surface area contributed by atoms with Crippen molar-refractivity contribution in [3.05, 3.63) is 29.3 Å². The van der Waals surface area contributed by atoms with Crippen molar-refractivity contribution in [2.75, 3.05) is 5.32 Å². The molecule has 0 spiro atoms. The van der Waals surface area contributed by atoms with Crippen LogP contribution >= 0.6 is 12.2 Å². The van der Waals surface area contributed by atoms with E-state index in [-0.39, 0.29) is 21.8 Å². The minimum atomic E-state index is -0.652. The molecule has 0 saturated heterocycles. The van der Waals surface area contributed by atoms with Gasteiger partial charge in [0.2, 0.25) is 0 Å². The molecule has 0 aliphatic heterocycles. The maximum Gasteiger partial charge on any atom is 0.150 e. The van der Waals surface area contributed by atoms with Crippen molar-refractivity contribution in [1.29, 1.82) is 0 Å². The minimum absolute atomic E-state index is 0.00999. The van der Waals surface area contributed by atoms with Gasteiger partial charge >= 0.3 is 0 Å². The number of hydrogen-bond donors (Lipinski definition) is 2. The molecule has 1 saturated carbocycles. The van der Waals surface area contributed by atoms with Crippen molar-refractivity contribution in [2.24, 2.45) is 5.73 Å². The number of nitrogens with one attached hydrogen (secondary N) is 1. The van der Waals surface area contributed by atoms with Crippen molar-refractivity contribution >= 4 is 22.9 Å². The van der Waals surface area contributed by atoms with E-state index in [1.807, 2.05) is 6.92 Å². The Hall–Kier alpha value is -1.23. The Kier molecular flexibility index (Phi) is 3.03. The molecule has 92 valence electrons.